The minimum absolute atomic E-state index is 0.216. The van der Waals surface area contributed by atoms with Gasteiger partial charge in [0.2, 0.25) is 0 Å². The Balaban J connectivity index is 1.86. The maximum Gasteiger partial charge on any atom is 0.416 e. The molecule has 0 aliphatic carbocycles. The molecule has 1 N–H and O–H groups in total. The predicted octanol–water partition coefficient (Wildman–Crippen LogP) is 4.72. The van der Waals surface area contributed by atoms with E-state index < -0.39 is 19.8 Å². The normalized spacial score (nSPS) is 12.6. The monoisotopic (exact) mass is 409 g/mol. The van der Waals surface area contributed by atoms with Crippen LogP contribution in [0.4, 0.5) is 13.2 Å². The molecule has 0 radical (unpaired) electrons. The summed E-state index contributed by atoms with van der Waals surface area (Å²) in [4.78, 5) is 19.4. The molecule has 150 valence electrons. The van der Waals surface area contributed by atoms with E-state index in [1.165, 1.54) is 12.1 Å². The largest absolute Gasteiger partial charge is 0.416 e. The molecule has 0 bridgehead atoms. The minimum Gasteiger partial charge on any atom is -0.361 e. The zero-order chi connectivity index (χ0) is 20.5. The lowest BCUT2D eigenvalue weighted by atomic mass is 10.1. The Kier molecular flexibility index (Phi) is 5.49. The van der Waals surface area contributed by atoms with Crippen molar-refractivity contribution in [3.05, 3.63) is 52.4 Å². The second-order valence-electron chi connectivity index (χ2n) is 7.86. The van der Waals surface area contributed by atoms with Gasteiger partial charge < -0.3 is 14.3 Å². The Morgan fingerprint density at radius 1 is 1.14 bits per heavy atom. The van der Waals surface area contributed by atoms with Crippen LogP contribution in [0.25, 0.3) is 22.4 Å². The number of H-pyrrole nitrogens is 1. The lowest BCUT2D eigenvalue weighted by Crippen LogP contribution is -2.22. The lowest BCUT2D eigenvalue weighted by Gasteiger charge is -2.15. The van der Waals surface area contributed by atoms with E-state index in [0.717, 1.165) is 18.2 Å². The molecule has 0 saturated carbocycles. The third kappa shape index (κ3) is 4.71. The molecule has 0 saturated heterocycles. The Bertz CT molecular complexity index is 1020. The molecular formula is C19H22F3N3O2Si. The molecule has 2 heterocycles. The molecule has 28 heavy (non-hydrogen) atoms. The SMILES string of the molecule is C[Si](C)(C)CCOCn1ccc2c(=O)[nH]c(-c3ccc(C(F)(F)F)cc3)nc21. The van der Waals surface area contributed by atoms with Gasteiger partial charge in [0.05, 0.1) is 10.9 Å². The summed E-state index contributed by atoms with van der Waals surface area (Å²) in [5.41, 5.74) is -0.259. The van der Waals surface area contributed by atoms with E-state index >= 15 is 0 Å². The number of aromatic nitrogens is 3. The number of halogens is 3. The van der Waals surface area contributed by atoms with Crippen molar-refractivity contribution >= 4 is 19.1 Å². The van der Waals surface area contributed by atoms with E-state index in [2.05, 4.69) is 29.6 Å². The molecular weight excluding hydrogens is 387 g/mol. The molecule has 5 nitrogen and oxygen atoms in total. The summed E-state index contributed by atoms with van der Waals surface area (Å²) in [7, 11) is -1.20. The highest BCUT2D eigenvalue weighted by molar-refractivity contribution is 6.76. The Hall–Kier alpha value is -2.39. The standard InChI is InChI=1S/C19H22F3N3O2Si/c1-28(2,3)11-10-27-12-25-9-8-15-17(25)23-16(24-18(15)26)13-4-6-14(7-5-13)19(20,21)22/h4-9H,10-12H2,1-3H3,(H,23,24,26). The summed E-state index contributed by atoms with van der Waals surface area (Å²) >= 11 is 0. The number of nitrogens with zero attached hydrogens (tertiary/aromatic N) is 2. The first-order valence-corrected chi connectivity index (χ1v) is 12.6. The van der Waals surface area contributed by atoms with E-state index in [4.69, 9.17) is 4.74 Å². The number of benzene rings is 1. The molecule has 0 unspecified atom stereocenters. The number of ether oxygens (including phenoxy) is 1. The van der Waals surface area contributed by atoms with Crippen LogP contribution in [0.3, 0.4) is 0 Å². The summed E-state index contributed by atoms with van der Waals surface area (Å²) in [6, 6.07) is 7.21. The smallest absolute Gasteiger partial charge is 0.361 e. The van der Waals surface area contributed by atoms with Gasteiger partial charge in [0, 0.05) is 26.4 Å². The first-order valence-electron chi connectivity index (χ1n) is 8.89. The first-order chi connectivity index (χ1) is 13.0. The number of hydrogen-bond donors (Lipinski definition) is 1. The van der Waals surface area contributed by atoms with Crippen LogP contribution in [0.2, 0.25) is 25.7 Å². The van der Waals surface area contributed by atoms with Crippen LogP contribution in [-0.4, -0.2) is 29.2 Å². The van der Waals surface area contributed by atoms with Crippen LogP contribution >= 0.6 is 0 Å². The van der Waals surface area contributed by atoms with Gasteiger partial charge in [-0.3, -0.25) is 4.79 Å². The predicted molar refractivity (Wildman–Crippen MR) is 105 cm³/mol. The van der Waals surface area contributed by atoms with Crippen LogP contribution in [-0.2, 0) is 17.6 Å². The van der Waals surface area contributed by atoms with Gasteiger partial charge in [-0.2, -0.15) is 13.2 Å². The summed E-state index contributed by atoms with van der Waals surface area (Å²) in [6.07, 6.45) is -2.69. The van der Waals surface area contributed by atoms with Gasteiger partial charge in [0.15, 0.2) is 0 Å². The maximum absolute atomic E-state index is 12.7. The van der Waals surface area contributed by atoms with E-state index in [1.54, 1.807) is 16.8 Å². The Morgan fingerprint density at radius 2 is 1.82 bits per heavy atom. The second kappa shape index (κ2) is 7.55. The van der Waals surface area contributed by atoms with Crippen LogP contribution in [0.1, 0.15) is 5.56 Å². The van der Waals surface area contributed by atoms with Crippen LogP contribution < -0.4 is 5.56 Å². The van der Waals surface area contributed by atoms with Crippen molar-refractivity contribution in [2.45, 2.75) is 38.6 Å². The Labute approximate surface area is 161 Å². The highest BCUT2D eigenvalue weighted by atomic mass is 28.3. The van der Waals surface area contributed by atoms with Gasteiger partial charge in [-0.25, -0.2) is 4.98 Å². The van der Waals surface area contributed by atoms with Crippen LogP contribution in [0, 0.1) is 0 Å². The number of alkyl halides is 3. The van der Waals surface area contributed by atoms with E-state index in [9.17, 15) is 18.0 Å². The van der Waals surface area contributed by atoms with Gasteiger partial charge in [0.1, 0.15) is 18.2 Å². The number of fused-ring (bicyclic) bond motifs is 1. The molecule has 3 rings (SSSR count). The third-order valence-corrected chi connectivity index (χ3v) is 6.04. The van der Waals surface area contributed by atoms with Crippen LogP contribution in [0.15, 0.2) is 41.3 Å². The average Bonchev–Trinajstić information content (AvgIpc) is 3.01. The van der Waals surface area contributed by atoms with E-state index in [0.29, 0.717) is 23.2 Å². The number of aromatic amines is 1. The maximum atomic E-state index is 12.7. The van der Waals surface area contributed by atoms with Crippen molar-refractivity contribution in [1.82, 2.24) is 14.5 Å². The third-order valence-electron chi connectivity index (χ3n) is 4.34. The molecule has 9 heteroatoms. The van der Waals surface area contributed by atoms with Crippen molar-refractivity contribution in [2.24, 2.45) is 0 Å². The minimum atomic E-state index is -4.41. The highest BCUT2D eigenvalue weighted by Crippen LogP contribution is 2.30. The van der Waals surface area contributed by atoms with Gasteiger partial charge >= 0.3 is 6.18 Å². The molecule has 0 fully saturated rings. The fourth-order valence-electron chi connectivity index (χ4n) is 2.67. The van der Waals surface area contributed by atoms with Crippen molar-refractivity contribution in [2.75, 3.05) is 6.61 Å². The molecule has 0 spiro atoms. The van der Waals surface area contributed by atoms with Gasteiger partial charge in [-0.05, 0) is 24.2 Å². The second-order valence-corrected chi connectivity index (χ2v) is 13.5. The summed E-state index contributed by atoms with van der Waals surface area (Å²) in [6.45, 7) is 7.68. The van der Waals surface area contributed by atoms with Gasteiger partial charge in [-0.15, -0.1) is 0 Å². The van der Waals surface area contributed by atoms with E-state index in [-0.39, 0.29) is 18.1 Å². The molecule has 0 atom stereocenters. The molecule has 2 aromatic heterocycles. The molecule has 0 aliphatic rings. The lowest BCUT2D eigenvalue weighted by molar-refractivity contribution is -0.137. The number of hydrogen-bond acceptors (Lipinski definition) is 3. The molecule has 1 aromatic carbocycles. The molecule has 3 aromatic rings. The summed E-state index contributed by atoms with van der Waals surface area (Å²) in [5, 5.41) is 0.407. The first kappa shape index (κ1) is 20.3. The fourth-order valence-corrected chi connectivity index (χ4v) is 3.43. The summed E-state index contributed by atoms with van der Waals surface area (Å²) in [5.74, 6) is 0.216. The van der Waals surface area contributed by atoms with Crippen molar-refractivity contribution in [3.63, 3.8) is 0 Å². The number of rotatable bonds is 6. The van der Waals surface area contributed by atoms with Gasteiger partial charge in [0.25, 0.3) is 5.56 Å². The topological polar surface area (TPSA) is 59.9 Å². The quantitative estimate of drug-likeness (QED) is 0.473. The zero-order valence-corrected chi connectivity index (χ0v) is 16.9. The average molecular weight is 409 g/mol. The molecule has 0 aliphatic heterocycles. The number of nitrogens with one attached hydrogen (secondary N) is 1. The van der Waals surface area contributed by atoms with Gasteiger partial charge in [-0.1, -0.05) is 31.8 Å². The highest BCUT2D eigenvalue weighted by Gasteiger charge is 2.30. The van der Waals surface area contributed by atoms with Crippen molar-refractivity contribution in [1.29, 1.82) is 0 Å². The molecule has 0 amide bonds. The summed E-state index contributed by atoms with van der Waals surface area (Å²) < 4.78 is 45.7. The zero-order valence-electron chi connectivity index (χ0n) is 15.9. The van der Waals surface area contributed by atoms with Crippen molar-refractivity contribution in [3.8, 4) is 11.4 Å². The van der Waals surface area contributed by atoms with Crippen LogP contribution in [0.5, 0.6) is 0 Å². The van der Waals surface area contributed by atoms with E-state index in [1.807, 2.05) is 0 Å². The van der Waals surface area contributed by atoms with Crippen molar-refractivity contribution < 1.29 is 17.9 Å². The fraction of sp³-hybridized carbons (Fsp3) is 0.368. The Morgan fingerprint density at radius 3 is 2.43 bits per heavy atom.